The number of pyridine rings is 1. The van der Waals surface area contributed by atoms with E-state index in [-0.39, 0.29) is 11.6 Å². The van der Waals surface area contributed by atoms with Gasteiger partial charge in [0.05, 0.1) is 6.04 Å². The van der Waals surface area contributed by atoms with E-state index in [4.69, 9.17) is 4.74 Å². The normalized spacial score (nSPS) is 19.9. The van der Waals surface area contributed by atoms with Gasteiger partial charge < -0.3 is 10.1 Å². The number of aromatic nitrogens is 1. The summed E-state index contributed by atoms with van der Waals surface area (Å²) in [6.07, 6.45) is 2.71. The second kappa shape index (κ2) is 5.09. The van der Waals surface area contributed by atoms with Crippen molar-refractivity contribution in [2.45, 2.75) is 31.9 Å². The second-order valence-corrected chi connectivity index (χ2v) is 6.58. The first-order valence-corrected chi connectivity index (χ1v) is 7.49. The molecule has 1 unspecified atom stereocenters. The minimum absolute atomic E-state index is 0.179. The van der Waals surface area contributed by atoms with Crippen LogP contribution >= 0.6 is 15.9 Å². The lowest BCUT2D eigenvalue weighted by atomic mass is 9.90. The first-order chi connectivity index (χ1) is 9.53. The third-order valence-corrected chi connectivity index (χ3v) is 3.89. The molecule has 3 nitrogen and oxygen atoms in total. The van der Waals surface area contributed by atoms with E-state index in [1.54, 1.807) is 6.20 Å². The molecule has 20 heavy (non-hydrogen) atoms. The van der Waals surface area contributed by atoms with E-state index in [1.165, 1.54) is 5.56 Å². The van der Waals surface area contributed by atoms with Crippen molar-refractivity contribution >= 4 is 21.7 Å². The SMILES string of the molecule is CC1(C)CC(Nc2ccc(Br)cn2)c2ccccc2O1. The number of nitrogens with zero attached hydrogens (tertiary/aromatic N) is 1. The maximum atomic E-state index is 6.04. The van der Waals surface area contributed by atoms with E-state index in [2.05, 4.69) is 46.1 Å². The highest BCUT2D eigenvalue weighted by molar-refractivity contribution is 9.10. The summed E-state index contributed by atoms with van der Waals surface area (Å²) in [5.41, 5.74) is 1.01. The third-order valence-electron chi connectivity index (χ3n) is 3.43. The molecule has 1 aromatic heterocycles. The molecule has 2 aromatic rings. The van der Waals surface area contributed by atoms with E-state index in [0.29, 0.717) is 0 Å². The molecule has 1 aliphatic heterocycles. The molecule has 0 radical (unpaired) electrons. The molecular formula is C16H17BrN2O. The molecule has 0 aliphatic carbocycles. The van der Waals surface area contributed by atoms with E-state index in [9.17, 15) is 0 Å². The molecule has 104 valence electrons. The molecule has 4 heteroatoms. The molecule has 1 atom stereocenters. The summed E-state index contributed by atoms with van der Waals surface area (Å²) in [5.74, 6) is 1.84. The van der Waals surface area contributed by atoms with Crippen molar-refractivity contribution in [3.05, 3.63) is 52.6 Å². The summed E-state index contributed by atoms with van der Waals surface area (Å²) >= 11 is 3.40. The number of nitrogens with one attached hydrogen (secondary N) is 1. The van der Waals surface area contributed by atoms with Crippen LogP contribution in [0.4, 0.5) is 5.82 Å². The molecule has 0 saturated carbocycles. The van der Waals surface area contributed by atoms with Gasteiger partial charge >= 0.3 is 0 Å². The van der Waals surface area contributed by atoms with Gasteiger partial charge in [0.25, 0.3) is 0 Å². The standard InChI is InChI=1S/C16H17BrN2O/c1-16(2)9-13(12-5-3-4-6-14(12)20-16)19-15-8-7-11(17)10-18-15/h3-8,10,13H,9H2,1-2H3,(H,18,19). The van der Waals surface area contributed by atoms with Crippen molar-refractivity contribution in [3.8, 4) is 5.75 Å². The van der Waals surface area contributed by atoms with Crippen LogP contribution in [-0.2, 0) is 0 Å². The maximum absolute atomic E-state index is 6.04. The summed E-state index contributed by atoms with van der Waals surface area (Å²) in [6.45, 7) is 4.24. The highest BCUT2D eigenvalue weighted by Crippen LogP contribution is 2.40. The van der Waals surface area contributed by atoms with Crippen LogP contribution in [0.2, 0.25) is 0 Å². The van der Waals surface area contributed by atoms with Crippen molar-refractivity contribution in [2.24, 2.45) is 0 Å². The second-order valence-electron chi connectivity index (χ2n) is 5.66. The van der Waals surface area contributed by atoms with Gasteiger partial charge in [-0.3, -0.25) is 0 Å². The van der Waals surface area contributed by atoms with Crippen LogP contribution in [0.1, 0.15) is 31.9 Å². The zero-order valence-electron chi connectivity index (χ0n) is 11.6. The van der Waals surface area contributed by atoms with Crippen molar-refractivity contribution in [1.82, 2.24) is 4.98 Å². The van der Waals surface area contributed by atoms with Crippen LogP contribution in [0, 0.1) is 0 Å². The number of ether oxygens (including phenoxy) is 1. The van der Waals surface area contributed by atoms with Gasteiger partial charge in [-0.1, -0.05) is 18.2 Å². The Morgan fingerprint density at radius 3 is 2.80 bits per heavy atom. The van der Waals surface area contributed by atoms with E-state index in [1.807, 2.05) is 30.3 Å². The number of anilines is 1. The number of rotatable bonds is 2. The Balaban J connectivity index is 1.90. The molecule has 0 bridgehead atoms. The van der Waals surface area contributed by atoms with Crippen LogP contribution < -0.4 is 10.1 Å². The Hall–Kier alpha value is -1.55. The predicted octanol–water partition coefficient (Wildman–Crippen LogP) is 4.56. The summed E-state index contributed by atoms with van der Waals surface area (Å²) in [7, 11) is 0. The first-order valence-electron chi connectivity index (χ1n) is 6.69. The molecule has 0 fully saturated rings. The number of hydrogen-bond acceptors (Lipinski definition) is 3. The fraction of sp³-hybridized carbons (Fsp3) is 0.312. The Labute approximate surface area is 127 Å². The van der Waals surface area contributed by atoms with Crippen LogP contribution in [0.15, 0.2) is 47.1 Å². The van der Waals surface area contributed by atoms with Gasteiger partial charge in [-0.2, -0.15) is 0 Å². The van der Waals surface area contributed by atoms with Crippen LogP contribution in [-0.4, -0.2) is 10.6 Å². The first kappa shape index (κ1) is 13.4. The molecule has 2 heterocycles. The zero-order valence-corrected chi connectivity index (χ0v) is 13.1. The number of halogens is 1. The molecule has 1 aliphatic rings. The molecule has 3 rings (SSSR count). The summed E-state index contributed by atoms with van der Waals surface area (Å²) in [5, 5.41) is 3.51. The van der Waals surface area contributed by atoms with Gasteiger partial charge in [0.1, 0.15) is 17.2 Å². The smallest absolute Gasteiger partial charge is 0.126 e. The molecule has 0 saturated heterocycles. The molecule has 1 N–H and O–H groups in total. The zero-order chi connectivity index (χ0) is 14.2. The Bertz CT molecular complexity index is 610. The average molecular weight is 333 g/mol. The van der Waals surface area contributed by atoms with Crippen molar-refractivity contribution < 1.29 is 4.74 Å². The average Bonchev–Trinajstić information content (AvgIpc) is 2.40. The quantitative estimate of drug-likeness (QED) is 0.875. The number of fused-ring (bicyclic) bond motifs is 1. The lowest BCUT2D eigenvalue weighted by molar-refractivity contribution is 0.0758. The summed E-state index contributed by atoms with van der Waals surface area (Å²) < 4.78 is 7.02. The van der Waals surface area contributed by atoms with E-state index < -0.39 is 0 Å². The molecule has 0 spiro atoms. The Morgan fingerprint density at radius 1 is 1.25 bits per heavy atom. The fourth-order valence-corrected chi connectivity index (χ4v) is 2.81. The van der Waals surface area contributed by atoms with Crippen LogP contribution in [0.5, 0.6) is 5.75 Å². The van der Waals surface area contributed by atoms with Gasteiger partial charge in [0.2, 0.25) is 0 Å². The highest BCUT2D eigenvalue weighted by Gasteiger charge is 2.33. The van der Waals surface area contributed by atoms with Crippen molar-refractivity contribution in [3.63, 3.8) is 0 Å². The van der Waals surface area contributed by atoms with E-state index >= 15 is 0 Å². The van der Waals surface area contributed by atoms with Gasteiger partial charge in [0, 0.05) is 22.7 Å². The van der Waals surface area contributed by atoms with Gasteiger partial charge in [-0.05, 0) is 48.0 Å². The molecule has 0 amide bonds. The number of para-hydroxylation sites is 1. The van der Waals surface area contributed by atoms with E-state index in [0.717, 1.165) is 22.5 Å². The topological polar surface area (TPSA) is 34.2 Å². The van der Waals surface area contributed by atoms with Gasteiger partial charge in [-0.15, -0.1) is 0 Å². The Morgan fingerprint density at radius 2 is 2.05 bits per heavy atom. The highest BCUT2D eigenvalue weighted by atomic mass is 79.9. The molecule has 1 aromatic carbocycles. The van der Waals surface area contributed by atoms with Gasteiger partial charge in [0.15, 0.2) is 0 Å². The van der Waals surface area contributed by atoms with Crippen LogP contribution in [0.25, 0.3) is 0 Å². The third kappa shape index (κ3) is 2.80. The van der Waals surface area contributed by atoms with Crippen LogP contribution in [0.3, 0.4) is 0 Å². The van der Waals surface area contributed by atoms with Crippen molar-refractivity contribution in [1.29, 1.82) is 0 Å². The summed E-state index contributed by atoms with van der Waals surface area (Å²) in [6, 6.07) is 12.4. The lowest BCUT2D eigenvalue weighted by Crippen LogP contribution is -2.37. The predicted molar refractivity (Wildman–Crippen MR) is 84.1 cm³/mol. The molecular weight excluding hydrogens is 316 g/mol. The number of benzene rings is 1. The monoisotopic (exact) mass is 332 g/mol. The van der Waals surface area contributed by atoms with Gasteiger partial charge in [-0.25, -0.2) is 4.98 Å². The lowest BCUT2D eigenvalue weighted by Gasteiger charge is -2.38. The number of hydrogen-bond donors (Lipinski definition) is 1. The Kier molecular flexibility index (Phi) is 3.42. The summed E-state index contributed by atoms with van der Waals surface area (Å²) in [4.78, 5) is 4.39. The maximum Gasteiger partial charge on any atom is 0.126 e. The fourth-order valence-electron chi connectivity index (χ4n) is 2.57. The largest absolute Gasteiger partial charge is 0.487 e. The van der Waals surface area contributed by atoms with Crippen molar-refractivity contribution in [2.75, 3.05) is 5.32 Å². The minimum atomic E-state index is -0.179. The minimum Gasteiger partial charge on any atom is -0.487 e.